The first kappa shape index (κ1) is 14.5. The highest BCUT2D eigenvalue weighted by atomic mass is 16.5. The van der Waals surface area contributed by atoms with Crippen LogP contribution < -0.4 is 0 Å². The van der Waals surface area contributed by atoms with Crippen LogP contribution in [0.1, 0.15) is 81.8 Å². The summed E-state index contributed by atoms with van der Waals surface area (Å²) in [5.74, 6) is 1.99. The third-order valence-electron chi connectivity index (χ3n) is 5.38. The van der Waals surface area contributed by atoms with Gasteiger partial charge in [-0.15, -0.1) is 0 Å². The Morgan fingerprint density at radius 3 is 2.52 bits per heavy atom. The van der Waals surface area contributed by atoms with E-state index in [9.17, 15) is 4.79 Å². The predicted molar refractivity (Wildman–Crippen MR) is 77.0 cm³/mol. The van der Waals surface area contributed by atoms with Crippen LogP contribution in [0.4, 0.5) is 0 Å². The topological polar surface area (TPSA) is 76.2 Å². The lowest BCUT2D eigenvalue weighted by Gasteiger charge is -2.25. The van der Waals surface area contributed by atoms with Crippen molar-refractivity contribution in [1.29, 1.82) is 0 Å². The summed E-state index contributed by atoms with van der Waals surface area (Å²) < 4.78 is 5.43. The van der Waals surface area contributed by atoms with Gasteiger partial charge in [0.2, 0.25) is 5.89 Å². The molecule has 0 bridgehead atoms. The van der Waals surface area contributed by atoms with Gasteiger partial charge in [0.15, 0.2) is 5.82 Å². The Hall–Kier alpha value is -1.39. The van der Waals surface area contributed by atoms with Crippen LogP contribution >= 0.6 is 0 Å². The van der Waals surface area contributed by atoms with Crippen molar-refractivity contribution in [3.05, 3.63) is 11.7 Å². The molecule has 21 heavy (non-hydrogen) atoms. The zero-order chi connectivity index (χ0) is 14.8. The first-order chi connectivity index (χ1) is 10.2. The van der Waals surface area contributed by atoms with E-state index in [4.69, 9.17) is 9.63 Å². The zero-order valence-electron chi connectivity index (χ0n) is 12.6. The molecule has 116 valence electrons. The van der Waals surface area contributed by atoms with Crippen LogP contribution in [-0.2, 0) is 4.79 Å². The Morgan fingerprint density at radius 2 is 1.90 bits per heavy atom. The third kappa shape index (κ3) is 3.11. The molecule has 1 aromatic heterocycles. The fourth-order valence-corrected chi connectivity index (χ4v) is 3.84. The number of nitrogens with zero attached hydrogens (tertiary/aromatic N) is 2. The molecule has 0 aliphatic heterocycles. The molecule has 2 saturated carbocycles. The predicted octanol–water partition coefficient (Wildman–Crippen LogP) is 3.72. The molecule has 0 amide bonds. The molecule has 2 aliphatic carbocycles. The average molecular weight is 292 g/mol. The molecule has 2 fully saturated rings. The summed E-state index contributed by atoms with van der Waals surface area (Å²) in [5, 5.41) is 13.2. The van der Waals surface area contributed by atoms with Crippen LogP contribution in [0, 0.1) is 11.8 Å². The molecule has 0 saturated heterocycles. The first-order valence-corrected chi connectivity index (χ1v) is 8.23. The second-order valence-corrected chi connectivity index (χ2v) is 6.66. The van der Waals surface area contributed by atoms with Crippen molar-refractivity contribution >= 4 is 5.97 Å². The lowest BCUT2D eigenvalue weighted by Crippen LogP contribution is -2.13. The molecular formula is C16H24N2O3. The van der Waals surface area contributed by atoms with Crippen molar-refractivity contribution in [3.63, 3.8) is 0 Å². The highest BCUT2D eigenvalue weighted by Crippen LogP contribution is 2.40. The number of carboxylic acids is 1. The largest absolute Gasteiger partial charge is 0.481 e. The summed E-state index contributed by atoms with van der Waals surface area (Å²) in [6.07, 6.45) is 8.30. The van der Waals surface area contributed by atoms with Crippen LogP contribution in [0.25, 0.3) is 0 Å². The second-order valence-electron chi connectivity index (χ2n) is 6.66. The number of rotatable bonds is 4. The van der Waals surface area contributed by atoms with Gasteiger partial charge in [0, 0.05) is 11.8 Å². The van der Waals surface area contributed by atoms with Gasteiger partial charge in [-0.1, -0.05) is 18.5 Å². The quantitative estimate of drug-likeness (QED) is 0.915. The number of carboxylic acid groups (broad SMARTS) is 1. The molecule has 1 aromatic rings. The molecule has 5 heteroatoms. The summed E-state index contributed by atoms with van der Waals surface area (Å²) in [6, 6.07) is 0. The molecule has 0 spiro atoms. The van der Waals surface area contributed by atoms with Crippen LogP contribution in [0.3, 0.4) is 0 Å². The lowest BCUT2D eigenvalue weighted by atomic mass is 9.80. The molecule has 2 unspecified atom stereocenters. The van der Waals surface area contributed by atoms with E-state index in [1.807, 2.05) is 0 Å². The molecule has 1 N–H and O–H groups in total. The Balaban J connectivity index is 1.61. The SMILES string of the molecule is CCC1CCC(c2noc(C3CCC(C(=O)O)C3)n2)CC1. The number of carbonyl (C=O) groups is 1. The van der Waals surface area contributed by atoms with E-state index in [1.54, 1.807) is 0 Å². The Kier molecular flexibility index (Phi) is 4.27. The summed E-state index contributed by atoms with van der Waals surface area (Å²) in [4.78, 5) is 15.6. The van der Waals surface area contributed by atoms with E-state index >= 15 is 0 Å². The monoisotopic (exact) mass is 292 g/mol. The number of aromatic nitrogens is 2. The van der Waals surface area contributed by atoms with Crippen molar-refractivity contribution in [1.82, 2.24) is 10.1 Å². The van der Waals surface area contributed by atoms with Crippen LogP contribution in [0.5, 0.6) is 0 Å². The molecule has 1 heterocycles. The van der Waals surface area contributed by atoms with Crippen LogP contribution in [0.15, 0.2) is 4.52 Å². The maximum Gasteiger partial charge on any atom is 0.306 e. The average Bonchev–Trinajstić information content (AvgIpc) is 3.16. The number of hydrogen-bond acceptors (Lipinski definition) is 4. The molecule has 0 aromatic carbocycles. The van der Waals surface area contributed by atoms with Crippen molar-refractivity contribution in [2.75, 3.05) is 0 Å². The van der Waals surface area contributed by atoms with E-state index in [-0.39, 0.29) is 11.8 Å². The minimum atomic E-state index is -0.699. The van der Waals surface area contributed by atoms with E-state index < -0.39 is 5.97 Å². The first-order valence-electron chi connectivity index (χ1n) is 8.23. The molecule has 2 atom stereocenters. The highest BCUT2D eigenvalue weighted by Gasteiger charge is 2.34. The number of hydrogen-bond donors (Lipinski definition) is 1. The molecular weight excluding hydrogens is 268 g/mol. The van der Waals surface area contributed by atoms with Gasteiger partial charge in [0.1, 0.15) is 0 Å². The lowest BCUT2D eigenvalue weighted by molar-refractivity contribution is -0.141. The van der Waals surface area contributed by atoms with Gasteiger partial charge in [-0.25, -0.2) is 0 Å². The van der Waals surface area contributed by atoms with Crippen molar-refractivity contribution in [3.8, 4) is 0 Å². The van der Waals surface area contributed by atoms with Gasteiger partial charge in [0.05, 0.1) is 5.92 Å². The van der Waals surface area contributed by atoms with E-state index in [0.29, 0.717) is 18.2 Å². The van der Waals surface area contributed by atoms with Gasteiger partial charge in [-0.3, -0.25) is 4.79 Å². The summed E-state index contributed by atoms with van der Waals surface area (Å²) in [5.41, 5.74) is 0. The maximum atomic E-state index is 11.0. The van der Waals surface area contributed by atoms with Gasteiger partial charge in [-0.05, 0) is 50.9 Å². The fourth-order valence-electron chi connectivity index (χ4n) is 3.84. The Labute approximate surface area is 125 Å². The van der Waals surface area contributed by atoms with Gasteiger partial charge < -0.3 is 9.63 Å². The minimum absolute atomic E-state index is 0.138. The normalized spacial score (nSPS) is 33.2. The van der Waals surface area contributed by atoms with E-state index in [1.165, 1.54) is 19.3 Å². The second kappa shape index (κ2) is 6.16. The molecule has 2 aliphatic rings. The molecule has 3 rings (SSSR count). The molecule has 0 radical (unpaired) electrons. The minimum Gasteiger partial charge on any atom is -0.481 e. The summed E-state index contributed by atoms with van der Waals surface area (Å²) in [7, 11) is 0. The van der Waals surface area contributed by atoms with Crippen molar-refractivity contribution in [2.45, 2.75) is 70.1 Å². The fraction of sp³-hybridized carbons (Fsp3) is 0.812. The standard InChI is InChI=1S/C16H24N2O3/c1-2-10-3-5-11(6-4-10)14-17-15(21-18-14)12-7-8-13(9-12)16(19)20/h10-13H,2-9H2,1H3,(H,19,20). The Bertz CT molecular complexity index is 491. The van der Waals surface area contributed by atoms with Crippen molar-refractivity contribution in [2.24, 2.45) is 11.8 Å². The van der Waals surface area contributed by atoms with Crippen molar-refractivity contribution < 1.29 is 14.4 Å². The Morgan fingerprint density at radius 1 is 1.19 bits per heavy atom. The highest BCUT2D eigenvalue weighted by molar-refractivity contribution is 5.70. The van der Waals surface area contributed by atoms with Gasteiger partial charge in [0.25, 0.3) is 0 Å². The summed E-state index contributed by atoms with van der Waals surface area (Å²) in [6.45, 7) is 2.26. The van der Waals surface area contributed by atoms with Gasteiger partial charge in [-0.2, -0.15) is 4.98 Å². The van der Waals surface area contributed by atoms with Gasteiger partial charge >= 0.3 is 5.97 Å². The maximum absolute atomic E-state index is 11.0. The molecule has 5 nitrogen and oxygen atoms in total. The third-order valence-corrected chi connectivity index (χ3v) is 5.38. The number of aliphatic carboxylic acids is 1. The van der Waals surface area contributed by atoms with Crippen LogP contribution in [0.2, 0.25) is 0 Å². The van der Waals surface area contributed by atoms with E-state index in [2.05, 4.69) is 17.1 Å². The van der Waals surface area contributed by atoms with Crippen LogP contribution in [-0.4, -0.2) is 21.2 Å². The van der Waals surface area contributed by atoms with E-state index in [0.717, 1.165) is 37.4 Å². The zero-order valence-corrected chi connectivity index (χ0v) is 12.6. The smallest absolute Gasteiger partial charge is 0.306 e. The summed E-state index contributed by atoms with van der Waals surface area (Å²) >= 11 is 0.